The third-order valence-corrected chi connectivity index (χ3v) is 2.96. The van der Waals surface area contributed by atoms with Crippen LogP contribution in [-0.4, -0.2) is 18.6 Å². The summed E-state index contributed by atoms with van der Waals surface area (Å²) in [6.45, 7) is 1.98. The van der Waals surface area contributed by atoms with Crippen molar-refractivity contribution in [3.8, 4) is 5.75 Å². The highest BCUT2D eigenvalue weighted by atomic mass is 16.6. The number of ketones is 1. The van der Waals surface area contributed by atoms with Crippen LogP contribution in [0.1, 0.15) is 22.8 Å². The monoisotopic (exact) mass is 283 g/mol. The molecule has 0 aromatic heterocycles. The summed E-state index contributed by atoms with van der Waals surface area (Å²) in [5, 5.41) is 3.87. The van der Waals surface area contributed by atoms with Crippen molar-refractivity contribution >= 4 is 11.5 Å². The van der Waals surface area contributed by atoms with E-state index in [4.69, 9.17) is 9.57 Å². The summed E-state index contributed by atoms with van der Waals surface area (Å²) in [5.41, 5.74) is 1.88. The maximum Gasteiger partial charge on any atom is 0.210 e. The van der Waals surface area contributed by atoms with Crippen molar-refractivity contribution in [3.05, 3.63) is 65.7 Å². The number of benzene rings is 2. The van der Waals surface area contributed by atoms with E-state index in [1.54, 1.807) is 38.3 Å². The number of Topliss-reactive ketones (excluding diaryl/α,β-unsaturated/α-hetero) is 1. The quantitative estimate of drug-likeness (QED) is 0.463. The highest BCUT2D eigenvalue weighted by Crippen LogP contribution is 2.12. The number of carbonyl (C=O) groups is 1. The Morgan fingerprint density at radius 2 is 1.71 bits per heavy atom. The molecule has 0 aliphatic carbocycles. The highest BCUT2D eigenvalue weighted by molar-refractivity contribution is 6.45. The van der Waals surface area contributed by atoms with Crippen molar-refractivity contribution in [2.24, 2.45) is 5.16 Å². The number of hydrogen-bond donors (Lipinski definition) is 0. The Labute approximate surface area is 124 Å². The summed E-state index contributed by atoms with van der Waals surface area (Å²) in [6, 6.07) is 16.6. The third kappa shape index (κ3) is 4.18. The average molecular weight is 283 g/mol. The minimum atomic E-state index is -0.161. The standard InChI is InChI=1S/C17H17NO3/c1-13(18-21-12-14-6-4-3-5-7-14)17(19)15-8-10-16(20-2)11-9-15/h3-11H,12H2,1-2H3. The van der Waals surface area contributed by atoms with Crippen molar-refractivity contribution in [2.45, 2.75) is 13.5 Å². The minimum Gasteiger partial charge on any atom is -0.497 e. The Bertz CT molecular complexity index is 618. The zero-order valence-electron chi connectivity index (χ0n) is 12.1. The summed E-state index contributed by atoms with van der Waals surface area (Å²) in [6.07, 6.45) is 0. The molecular formula is C17H17NO3. The molecule has 2 rings (SSSR count). The van der Waals surface area contributed by atoms with E-state index in [0.29, 0.717) is 23.6 Å². The van der Waals surface area contributed by atoms with Crippen LogP contribution < -0.4 is 4.74 Å². The van der Waals surface area contributed by atoms with Gasteiger partial charge in [-0.15, -0.1) is 0 Å². The van der Waals surface area contributed by atoms with E-state index < -0.39 is 0 Å². The minimum absolute atomic E-state index is 0.161. The van der Waals surface area contributed by atoms with Crippen molar-refractivity contribution in [3.63, 3.8) is 0 Å². The van der Waals surface area contributed by atoms with Crippen LogP contribution in [-0.2, 0) is 11.4 Å². The van der Waals surface area contributed by atoms with Gasteiger partial charge in [-0.25, -0.2) is 0 Å². The lowest BCUT2D eigenvalue weighted by molar-refractivity contribution is 0.103. The van der Waals surface area contributed by atoms with E-state index in [-0.39, 0.29) is 5.78 Å². The first-order valence-corrected chi connectivity index (χ1v) is 6.60. The molecule has 0 aliphatic rings. The van der Waals surface area contributed by atoms with E-state index in [1.807, 2.05) is 30.3 Å². The molecule has 0 unspecified atom stereocenters. The Kier molecular flexibility index (Phi) is 5.10. The number of methoxy groups -OCH3 is 1. The number of oxime groups is 1. The van der Waals surface area contributed by atoms with Gasteiger partial charge in [-0.2, -0.15) is 0 Å². The van der Waals surface area contributed by atoms with E-state index in [0.717, 1.165) is 5.56 Å². The molecule has 0 fully saturated rings. The van der Waals surface area contributed by atoms with Crippen molar-refractivity contribution in [1.29, 1.82) is 0 Å². The zero-order valence-corrected chi connectivity index (χ0v) is 12.1. The first kappa shape index (κ1) is 14.8. The largest absolute Gasteiger partial charge is 0.497 e. The van der Waals surface area contributed by atoms with Crippen LogP contribution in [0.4, 0.5) is 0 Å². The van der Waals surface area contributed by atoms with Gasteiger partial charge in [-0.05, 0) is 36.8 Å². The van der Waals surface area contributed by atoms with Crippen LogP contribution in [0.5, 0.6) is 5.75 Å². The Morgan fingerprint density at radius 3 is 2.33 bits per heavy atom. The molecule has 2 aromatic carbocycles. The molecule has 0 radical (unpaired) electrons. The molecule has 0 amide bonds. The number of hydrogen-bond acceptors (Lipinski definition) is 4. The zero-order chi connectivity index (χ0) is 15.1. The number of nitrogens with zero attached hydrogens (tertiary/aromatic N) is 1. The average Bonchev–Trinajstić information content (AvgIpc) is 2.55. The molecular weight excluding hydrogens is 266 g/mol. The van der Waals surface area contributed by atoms with Gasteiger partial charge in [-0.3, -0.25) is 4.79 Å². The molecule has 4 heteroatoms. The van der Waals surface area contributed by atoms with E-state index in [1.165, 1.54) is 0 Å². The second kappa shape index (κ2) is 7.24. The van der Waals surface area contributed by atoms with E-state index >= 15 is 0 Å². The van der Waals surface area contributed by atoms with Crippen LogP contribution >= 0.6 is 0 Å². The van der Waals surface area contributed by atoms with Gasteiger partial charge in [0.15, 0.2) is 0 Å². The molecule has 0 saturated carbocycles. The van der Waals surface area contributed by atoms with Gasteiger partial charge in [-0.1, -0.05) is 35.5 Å². The molecule has 21 heavy (non-hydrogen) atoms. The van der Waals surface area contributed by atoms with E-state index in [9.17, 15) is 4.79 Å². The van der Waals surface area contributed by atoms with Gasteiger partial charge in [0, 0.05) is 5.56 Å². The Hall–Kier alpha value is -2.62. The van der Waals surface area contributed by atoms with Gasteiger partial charge in [0.25, 0.3) is 0 Å². The molecule has 2 aromatic rings. The summed E-state index contributed by atoms with van der Waals surface area (Å²) >= 11 is 0. The van der Waals surface area contributed by atoms with Crippen LogP contribution in [0, 0.1) is 0 Å². The van der Waals surface area contributed by atoms with Crippen LogP contribution in [0.25, 0.3) is 0 Å². The van der Waals surface area contributed by atoms with E-state index in [2.05, 4.69) is 5.16 Å². The molecule has 0 saturated heterocycles. The molecule has 4 nitrogen and oxygen atoms in total. The third-order valence-electron chi connectivity index (χ3n) is 2.96. The van der Waals surface area contributed by atoms with Crippen LogP contribution in [0.15, 0.2) is 59.8 Å². The second-order valence-corrected chi connectivity index (χ2v) is 4.49. The maximum absolute atomic E-state index is 12.1. The van der Waals surface area contributed by atoms with Crippen LogP contribution in [0.3, 0.4) is 0 Å². The lowest BCUT2D eigenvalue weighted by atomic mass is 10.1. The summed E-state index contributed by atoms with van der Waals surface area (Å²) in [5.74, 6) is 0.548. The van der Waals surface area contributed by atoms with Gasteiger partial charge >= 0.3 is 0 Å². The summed E-state index contributed by atoms with van der Waals surface area (Å²) < 4.78 is 5.06. The topological polar surface area (TPSA) is 47.9 Å². The lowest BCUT2D eigenvalue weighted by Crippen LogP contribution is -2.11. The smallest absolute Gasteiger partial charge is 0.210 e. The fourth-order valence-corrected chi connectivity index (χ4v) is 1.77. The SMILES string of the molecule is COc1ccc(C(=O)C(C)=NOCc2ccccc2)cc1. The Balaban J connectivity index is 1.96. The van der Waals surface area contributed by atoms with Crippen molar-refractivity contribution in [1.82, 2.24) is 0 Å². The molecule has 0 aliphatic heterocycles. The molecule has 108 valence electrons. The molecule has 0 N–H and O–H groups in total. The Morgan fingerprint density at radius 1 is 1.05 bits per heavy atom. The van der Waals surface area contributed by atoms with Gasteiger partial charge < -0.3 is 9.57 Å². The predicted molar refractivity (Wildman–Crippen MR) is 81.7 cm³/mol. The van der Waals surface area contributed by atoms with Crippen molar-refractivity contribution in [2.75, 3.05) is 7.11 Å². The number of ether oxygens (including phenoxy) is 1. The predicted octanol–water partition coefficient (Wildman–Crippen LogP) is 3.47. The fraction of sp³-hybridized carbons (Fsp3) is 0.176. The van der Waals surface area contributed by atoms with Gasteiger partial charge in [0.05, 0.1) is 7.11 Å². The number of carbonyl (C=O) groups excluding carboxylic acids is 1. The second-order valence-electron chi connectivity index (χ2n) is 4.49. The van der Waals surface area contributed by atoms with Crippen molar-refractivity contribution < 1.29 is 14.4 Å². The number of rotatable bonds is 6. The first-order valence-electron chi connectivity index (χ1n) is 6.60. The molecule has 0 bridgehead atoms. The maximum atomic E-state index is 12.1. The fourth-order valence-electron chi connectivity index (χ4n) is 1.77. The van der Waals surface area contributed by atoms with Gasteiger partial charge in [0.1, 0.15) is 18.1 Å². The summed E-state index contributed by atoms with van der Waals surface area (Å²) in [4.78, 5) is 17.3. The molecule has 0 spiro atoms. The first-order chi connectivity index (χ1) is 10.2. The highest BCUT2D eigenvalue weighted by Gasteiger charge is 2.10. The molecule has 0 atom stereocenters. The van der Waals surface area contributed by atoms with Crippen LogP contribution in [0.2, 0.25) is 0 Å². The normalized spacial score (nSPS) is 11.0. The molecule has 0 heterocycles. The lowest BCUT2D eigenvalue weighted by Gasteiger charge is -2.03. The summed E-state index contributed by atoms with van der Waals surface area (Å²) in [7, 11) is 1.58. The van der Waals surface area contributed by atoms with Gasteiger partial charge in [0.2, 0.25) is 5.78 Å².